The number of rotatable bonds is 61. The predicted molar refractivity (Wildman–Crippen MR) is 325 cm³/mol. The van der Waals surface area contributed by atoms with Crippen LogP contribution in [0.1, 0.15) is 355 Å². The van der Waals surface area contributed by atoms with Crippen LogP contribution in [0.3, 0.4) is 0 Å². The molecule has 0 saturated carbocycles. The van der Waals surface area contributed by atoms with E-state index >= 15 is 0 Å². The van der Waals surface area contributed by atoms with Crippen molar-refractivity contribution < 1.29 is 28.6 Å². The van der Waals surface area contributed by atoms with Crippen LogP contribution in [0.5, 0.6) is 0 Å². The molecule has 0 saturated heterocycles. The molecule has 0 N–H and O–H groups in total. The molecule has 0 rings (SSSR count). The van der Waals surface area contributed by atoms with Crippen LogP contribution in [-0.4, -0.2) is 37.2 Å². The first-order valence-electron chi connectivity index (χ1n) is 33.1. The topological polar surface area (TPSA) is 78.9 Å². The molecular weight excluding hydrogens is 925 g/mol. The summed E-state index contributed by atoms with van der Waals surface area (Å²) in [5, 5.41) is 0. The van der Waals surface area contributed by atoms with Gasteiger partial charge in [0.25, 0.3) is 0 Å². The Hall–Kier alpha value is -2.63. The normalized spacial score (nSPS) is 12.3. The summed E-state index contributed by atoms with van der Waals surface area (Å²) in [6, 6.07) is 0. The van der Waals surface area contributed by atoms with E-state index in [4.69, 9.17) is 14.2 Å². The maximum absolute atomic E-state index is 12.9. The highest BCUT2D eigenvalue weighted by Gasteiger charge is 2.19. The lowest BCUT2D eigenvalue weighted by Crippen LogP contribution is -2.30. The molecule has 0 aromatic carbocycles. The summed E-state index contributed by atoms with van der Waals surface area (Å²) in [5.74, 6) is -0.868. The molecule has 1 unspecified atom stereocenters. The van der Waals surface area contributed by atoms with Gasteiger partial charge in [-0.3, -0.25) is 14.4 Å². The SMILES string of the molecule is CCCCCCC/C=C\C/C=C\C/C=C\CCCCCCCCC(=O)OC(COC(=O)CCCCCCCCCCCCC)COC(=O)CCCCCCCCCCCCCCC/C=C\CCCCCCCCCC. The molecule has 6 heteroatoms. The van der Waals surface area contributed by atoms with Crippen LogP contribution in [-0.2, 0) is 28.6 Å². The fourth-order valence-electron chi connectivity index (χ4n) is 9.80. The third-order valence-electron chi connectivity index (χ3n) is 14.8. The van der Waals surface area contributed by atoms with Crippen LogP contribution >= 0.6 is 0 Å². The summed E-state index contributed by atoms with van der Waals surface area (Å²) in [6.07, 6.45) is 79.8. The number of carbonyl (C=O) groups is 3. The minimum Gasteiger partial charge on any atom is -0.462 e. The summed E-state index contributed by atoms with van der Waals surface area (Å²) >= 11 is 0. The fraction of sp³-hybridized carbons (Fsp3) is 0.841. The lowest BCUT2D eigenvalue weighted by atomic mass is 10.0. The highest BCUT2D eigenvalue weighted by atomic mass is 16.6. The number of esters is 3. The predicted octanol–water partition coefficient (Wildman–Crippen LogP) is 22.6. The van der Waals surface area contributed by atoms with Gasteiger partial charge in [-0.2, -0.15) is 0 Å². The van der Waals surface area contributed by atoms with Gasteiger partial charge in [0.05, 0.1) is 0 Å². The Morgan fingerprint density at radius 3 is 0.760 bits per heavy atom. The number of unbranched alkanes of at least 4 members (excludes halogenated alkanes) is 42. The average Bonchev–Trinajstić information content (AvgIpc) is 3.41. The summed E-state index contributed by atoms with van der Waals surface area (Å²) < 4.78 is 16.9. The third kappa shape index (κ3) is 62.1. The standard InChI is InChI=1S/C69H126O6/c1-4-7-10-13-16-19-22-24-26-28-30-32-33-34-35-37-38-40-42-44-47-50-53-56-59-62-68(71)74-65-66(64-73-67(70)61-58-55-52-49-46-21-18-15-12-9-6-3)75-69(72)63-60-57-54-51-48-45-43-41-39-36-31-29-27-25-23-20-17-14-11-8-5-2/h23,25,28-31,39,41,66H,4-22,24,26-27,32-38,40,42-65H2,1-3H3/b25-23-,30-28-,31-29-,41-39-. The molecule has 0 aromatic rings. The van der Waals surface area contributed by atoms with Gasteiger partial charge in [0.2, 0.25) is 0 Å². The Kier molecular flexibility index (Phi) is 61.7. The number of hydrogen-bond acceptors (Lipinski definition) is 6. The Morgan fingerprint density at radius 1 is 0.267 bits per heavy atom. The van der Waals surface area contributed by atoms with Gasteiger partial charge in [0.1, 0.15) is 13.2 Å². The van der Waals surface area contributed by atoms with Gasteiger partial charge in [0, 0.05) is 19.3 Å². The molecular formula is C69H126O6. The number of ether oxygens (including phenoxy) is 3. The number of hydrogen-bond donors (Lipinski definition) is 0. The molecule has 0 aliphatic rings. The van der Waals surface area contributed by atoms with Crippen molar-refractivity contribution in [1.82, 2.24) is 0 Å². The van der Waals surface area contributed by atoms with Crippen molar-refractivity contribution in [2.24, 2.45) is 0 Å². The minimum absolute atomic E-state index is 0.0748. The summed E-state index contributed by atoms with van der Waals surface area (Å²) in [4.78, 5) is 38.3. The van der Waals surface area contributed by atoms with Crippen molar-refractivity contribution in [2.45, 2.75) is 361 Å². The molecule has 438 valence electrons. The monoisotopic (exact) mass is 1050 g/mol. The molecule has 0 heterocycles. The second-order valence-corrected chi connectivity index (χ2v) is 22.4. The molecule has 0 bridgehead atoms. The molecule has 0 radical (unpaired) electrons. The first-order valence-corrected chi connectivity index (χ1v) is 33.1. The molecule has 0 amide bonds. The second kappa shape index (κ2) is 63.9. The van der Waals surface area contributed by atoms with Crippen molar-refractivity contribution in [3.05, 3.63) is 48.6 Å². The molecule has 0 spiro atoms. The molecule has 0 aliphatic heterocycles. The lowest BCUT2D eigenvalue weighted by molar-refractivity contribution is -0.167. The molecule has 0 fully saturated rings. The Bertz CT molecular complexity index is 1300. The Balaban J connectivity index is 4.25. The number of allylic oxidation sites excluding steroid dienone is 8. The van der Waals surface area contributed by atoms with Gasteiger partial charge in [-0.15, -0.1) is 0 Å². The molecule has 0 aromatic heterocycles. The largest absolute Gasteiger partial charge is 0.462 e. The van der Waals surface area contributed by atoms with Crippen molar-refractivity contribution in [1.29, 1.82) is 0 Å². The van der Waals surface area contributed by atoms with Crippen molar-refractivity contribution in [2.75, 3.05) is 13.2 Å². The second-order valence-electron chi connectivity index (χ2n) is 22.4. The summed E-state index contributed by atoms with van der Waals surface area (Å²) in [5.41, 5.74) is 0. The van der Waals surface area contributed by atoms with E-state index in [0.717, 1.165) is 77.0 Å². The first kappa shape index (κ1) is 72.4. The maximum Gasteiger partial charge on any atom is 0.306 e. The minimum atomic E-state index is -0.778. The molecule has 0 aliphatic carbocycles. The van der Waals surface area contributed by atoms with E-state index in [0.29, 0.717) is 19.3 Å². The van der Waals surface area contributed by atoms with Crippen molar-refractivity contribution in [3.8, 4) is 0 Å². The van der Waals surface area contributed by atoms with Crippen LogP contribution in [0.25, 0.3) is 0 Å². The summed E-state index contributed by atoms with van der Waals surface area (Å²) in [7, 11) is 0. The molecule has 75 heavy (non-hydrogen) atoms. The fourth-order valence-corrected chi connectivity index (χ4v) is 9.80. The first-order chi connectivity index (χ1) is 37.0. The maximum atomic E-state index is 12.9. The van der Waals surface area contributed by atoms with Gasteiger partial charge in [-0.25, -0.2) is 0 Å². The third-order valence-corrected chi connectivity index (χ3v) is 14.8. The van der Waals surface area contributed by atoms with Gasteiger partial charge < -0.3 is 14.2 Å². The van der Waals surface area contributed by atoms with Crippen LogP contribution in [0.4, 0.5) is 0 Å². The Labute approximate surface area is 467 Å². The van der Waals surface area contributed by atoms with Gasteiger partial charge >= 0.3 is 17.9 Å². The lowest BCUT2D eigenvalue weighted by Gasteiger charge is -2.18. The van der Waals surface area contributed by atoms with Crippen LogP contribution in [0, 0.1) is 0 Å². The van der Waals surface area contributed by atoms with Gasteiger partial charge in [0.15, 0.2) is 6.10 Å². The molecule has 6 nitrogen and oxygen atoms in total. The zero-order valence-corrected chi connectivity index (χ0v) is 50.3. The smallest absolute Gasteiger partial charge is 0.306 e. The van der Waals surface area contributed by atoms with E-state index in [2.05, 4.69) is 69.4 Å². The van der Waals surface area contributed by atoms with Crippen molar-refractivity contribution in [3.63, 3.8) is 0 Å². The highest BCUT2D eigenvalue weighted by Crippen LogP contribution is 2.17. The van der Waals surface area contributed by atoms with Crippen LogP contribution in [0.15, 0.2) is 48.6 Å². The van der Waals surface area contributed by atoms with E-state index in [1.165, 1.54) is 238 Å². The Morgan fingerprint density at radius 2 is 0.480 bits per heavy atom. The van der Waals surface area contributed by atoms with Crippen molar-refractivity contribution >= 4 is 17.9 Å². The highest BCUT2D eigenvalue weighted by molar-refractivity contribution is 5.71. The van der Waals surface area contributed by atoms with E-state index in [9.17, 15) is 14.4 Å². The van der Waals surface area contributed by atoms with E-state index in [1.807, 2.05) is 0 Å². The number of carbonyl (C=O) groups excluding carboxylic acids is 3. The van der Waals surface area contributed by atoms with E-state index < -0.39 is 6.10 Å². The van der Waals surface area contributed by atoms with E-state index in [1.54, 1.807) is 0 Å². The quantitative estimate of drug-likeness (QED) is 0.0261. The van der Waals surface area contributed by atoms with Gasteiger partial charge in [-0.05, 0) is 83.5 Å². The summed E-state index contributed by atoms with van der Waals surface area (Å²) in [6.45, 7) is 6.66. The van der Waals surface area contributed by atoms with Crippen LogP contribution < -0.4 is 0 Å². The van der Waals surface area contributed by atoms with Gasteiger partial charge in [-0.1, -0.05) is 301 Å². The zero-order chi connectivity index (χ0) is 54.3. The average molecular weight is 1050 g/mol. The molecule has 1 atom stereocenters. The zero-order valence-electron chi connectivity index (χ0n) is 50.3. The van der Waals surface area contributed by atoms with E-state index in [-0.39, 0.29) is 31.1 Å². The van der Waals surface area contributed by atoms with Crippen LogP contribution in [0.2, 0.25) is 0 Å².